The fourth-order valence-corrected chi connectivity index (χ4v) is 4.70. The van der Waals surface area contributed by atoms with E-state index in [1.165, 1.54) is 6.20 Å². The summed E-state index contributed by atoms with van der Waals surface area (Å²) < 4.78 is 31.1. The summed E-state index contributed by atoms with van der Waals surface area (Å²) in [5, 5.41) is 0. The first-order valence-corrected chi connectivity index (χ1v) is 11.1. The van der Waals surface area contributed by atoms with Crippen molar-refractivity contribution in [1.29, 1.82) is 0 Å². The van der Waals surface area contributed by atoms with Gasteiger partial charge in [0.15, 0.2) is 0 Å². The summed E-state index contributed by atoms with van der Waals surface area (Å²) in [6.45, 7) is 6.97. The molecule has 0 spiro atoms. The van der Waals surface area contributed by atoms with Crippen molar-refractivity contribution in [3.05, 3.63) is 35.5 Å². The minimum absolute atomic E-state index is 0.105. The van der Waals surface area contributed by atoms with Crippen molar-refractivity contribution >= 4 is 27.6 Å². The molecule has 0 unspecified atom stereocenters. The molecule has 156 valence electrons. The number of hydrogen-bond donors (Lipinski definition) is 1. The number of benzene rings is 1. The number of aromatic nitrogens is 2. The molecule has 1 aliphatic rings. The van der Waals surface area contributed by atoms with Crippen LogP contribution in [0.1, 0.15) is 30.9 Å². The lowest BCUT2D eigenvalue weighted by molar-refractivity contribution is -0.148. The van der Waals surface area contributed by atoms with Crippen LogP contribution in [0.25, 0.3) is 0 Å². The van der Waals surface area contributed by atoms with E-state index in [0.717, 1.165) is 24.0 Å². The van der Waals surface area contributed by atoms with Gasteiger partial charge in [-0.1, -0.05) is 6.07 Å². The van der Waals surface area contributed by atoms with Gasteiger partial charge in [-0.2, -0.15) is 4.98 Å². The number of nitrogens with two attached hydrogens (primary N) is 1. The number of ether oxygens (including phenoxy) is 1. The standard InChI is InChI=1S/C20H26N4O4S/c1-4-28-19(25)15-6-5-9-24(12-15)20-22-11-17(18(21)23-20)29(26,27)16-8-7-13(2)14(3)10-16/h7-8,10-11,15H,4-6,9,12H2,1-3H3,(H2,21,22,23)/t15-/m1/s1. The first-order valence-electron chi connectivity index (χ1n) is 9.60. The predicted octanol–water partition coefficient (Wildman–Crippen LogP) is 2.29. The van der Waals surface area contributed by atoms with E-state index in [-0.39, 0.29) is 27.5 Å². The van der Waals surface area contributed by atoms with Gasteiger partial charge in [-0.05, 0) is 56.9 Å². The molecule has 2 N–H and O–H groups in total. The topological polar surface area (TPSA) is 115 Å². The van der Waals surface area contributed by atoms with Gasteiger partial charge in [-0.3, -0.25) is 4.79 Å². The van der Waals surface area contributed by atoms with Gasteiger partial charge in [0.05, 0.1) is 23.6 Å². The van der Waals surface area contributed by atoms with Gasteiger partial charge in [0.25, 0.3) is 0 Å². The number of carbonyl (C=O) groups excluding carboxylic acids is 1. The zero-order chi connectivity index (χ0) is 21.2. The summed E-state index contributed by atoms with van der Waals surface area (Å²) in [5.41, 5.74) is 7.89. The Morgan fingerprint density at radius 3 is 2.72 bits per heavy atom. The molecule has 0 saturated carbocycles. The van der Waals surface area contributed by atoms with Gasteiger partial charge in [0, 0.05) is 13.1 Å². The van der Waals surface area contributed by atoms with E-state index in [9.17, 15) is 13.2 Å². The third-order valence-corrected chi connectivity index (χ3v) is 6.94. The Labute approximate surface area is 171 Å². The summed E-state index contributed by atoms with van der Waals surface area (Å²) in [6, 6.07) is 4.93. The Hall–Kier alpha value is -2.68. The SMILES string of the molecule is CCOC(=O)[C@@H]1CCCN(c2ncc(S(=O)(=O)c3ccc(C)c(C)c3)c(N)n2)C1. The smallest absolute Gasteiger partial charge is 0.310 e. The number of esters is 1. The van der Waals surface area contributed by atoms with Crippen LogP contribution in [0.2, 0.25) is 0 Å². The molecule has 1 fully saturated rings. The van der Waals surface area contributed by atoms with Crippen molar-refractivity contribution in [3.63, 3.8) is 0 Å². The highest BCUT2D eigenvalue weighted by atomic mass is 32.2. The van der Waals surface area contributed by atoms with E-state index in [0.29, 0.717) is 25.6 Å². The van der Waals surface area contributed by atoms with E-state index >= 15 is 0 Å². The summed E-state index contributed by atoms with van der Waals surface area (Å²) in [7, 11) is -3.83. The molecular formula is C20H26N4O4S. The number of sulfone groups is 1. The zero-order valence-corrected chi connectivity index (χ0v) is 17.7. The fraction of sp³-hybridized carbons (Fsp3) is 0.450. The van der Waals surface area contributed by atoms with E-state index < -0.39 is 9.84 Å². The number of piperidine rings is 1. The highest BCUT2D eigenvalue weighted by molar-refractivity contribution is 7.91. The lowest BCUT2D eigenvalue weighted by atomic mass is 9.98. The molecule has 1 aromatic heterocycles. The molecule has 1 aliphatic heterocycles. The molecule has 1 saturated heterocycles. The maximum atomic E-state index is 13.0. The molecule has 0 bridgehead atoms. The lowest BCUT2D eigenvalue weighted by Crippen LogP contribution is -2.40. The average molecular weight is 419 g/mol. The van der Waals surface area contributed by atoms with Crippen molar-refractivity contribution in [1.82, 2.24) is 9.97 Å². The van der Waals surface area contributed by atoms with Gasteiger partial charge < -0.3 is 15.4 Å². The van der Waals surface area contributed by atoms with Gasteiger partial charge in [0.2, 0.25) is 15.8 Å². The summed E-state index contributed by atoms with van der Waals surface area (Å²) in [5.74, 6) is -0.284. The number of rotatable bonds is 5. The van der Waals surface area contributed by atoms with Crippen LogP contribution in [-0.4, -0.2) is 44.1 Å². The number of aryl methyl sites for hydroxylation is 2. The molecule has 1 atom stereocenters. The first kappa shape index (κ1) is 21.0. The number of carbonyl (C=O) groups is 1. The number of nitrogen functional groups attached to an aromatic ring is 1. The normalized spacial score (nSPS) is 17.2. The third kappa shape index (κ3) is 4.34. The number of hydrogen-bond acceptors (Lipinski definition) is 8. The highest BCUT2D eigenvalue weighted by Crippen LogP contribution is 2.28. The van der Waals surface area contributed by atoms with Crippen LogP contribution in [0.4, 0.5) is 11.8 Å². The van der Waals surface area contributed by atoms with Gasteiger partial charge in [-0.15, -0.1) is 0 Å². The van der Waals surface area contributed by atoms with Crippen LogP contribution in [0.5, 0.6) is 0 Å². The first-order chi connectivity index (χ1) is 13.7. The van der Waals surface area contributed by atoms with Crippen LogP contribution in [-0.2, 0) is 19.4 Å². The lowest BCUT2D eigenvalue weighted by Gasteiger charge is -2.31. The van der Waals surface area contributed by atoms with E-state index in [1.807, 2.05) is 18.7 Å². The van der Waals surface area contributed by atoms with Crippen LogP contribution in [0.3, 0.4) is 0 Å². The molecule has 2 aromatic rings. The molecule has 2 heterocycles. The number of anilines is 2. The van der Waals surface area contributed by atoms with Gasteiger partial charge >= 0.3 is 5.97 Å². The molecule has 1 aromatic carbocycles. The predicted molar refractivity (Wildman–Crippen MR) is 109 cm³/mol. The van der Waals surface area contributed by atoms with E-state index in [4.69, 9.17) is 10.5 Å². The van der Waals surface area contributed by atoms with Crippen LogP contribution in [0.15, 0.2) is 34.2 Å². The summed E-state index contributed by atoms with van der Waals surface area (Å²) in [6.07, 6.45) is 2.77. The van der Waals surface area contributed by atoms with Crippen molar-refractivity contribution < 1.29 is 17.9 Å². The molecule has 29 heavy (non-hydrogen) atoms. The molecular weight excluding hydrogens is 392 g/mol. The Kier molecular flexibility index (Phi) is 6.07. The van der Waals surface area contributed by atoms with Gasteiger partial charge in [-0.25, -0.2) is 13.4 Å². The van der Waals surface area contributed by atoms with Crippen LogP contribution < -0.4 is 10.6 Å². The Morgan fingerprint density at radius 1 is 1.31 bits per heavy atom. The largest absolute Gasteiger partial charge is 0.466 e. The van der Waals surface area contributed by atoms with Crippen LogP contribution >= 0.6 is 0 Å². The Balaban J connectivity index is 1.86. The maximum Gasteiger partial charge on any atom is 0.310 e. The second kappa shape index (κ2) is 8.36. The average Bonchev–Trinajstić information content (AvgIpc) is 2.70. The minimum atomic E-state index is -3.83. The second-order valence-electron chi connectivity index (χ2n) is 7.21. The van der Waals surface area contributed by atoms with Crippen LogP contribution in [0, 0.1) is 19.8 Å². The molecule has 8 nitrogen and oxygen atoms in total. The maximum absolute atomic E-state index is 13.0. The van der Waals surface area contributed by atoms with Crippen molar-refractivity contribution in [2.45, 2.75) is 43.4 Å². The summed E-state index contributed by atoms with van der Waals surface area (Å²) in [4.78, 5) is 22.4. The molecule has 3 rings (SSSR count). The quantitative estimate of drug-likeness (QED) is 0.735. The van der Waals surface area contributed by atoms with E-state index in [2.05, 4.69) is 9.97 Å². The zero-order valence-electron chi connectivity index (χ0n) is 16.9. The third-order valence-electron chi connectivity index (χ3n) is 5.17. The Morgan fingerprint density at radius 2 is 2.07 bits per heavy atom. The second-order valence-corrected chi connectivity index (χ2v) is 9.12. The van der Waals surface area contributed by atoms with Gasteiger partial charge in [0.1, 0.15) is 10.7 Å². The van der Waals surface area contributed by atoms with E-state index in [1.54, 1.807) is 25.1 Å². The Bertz CT molecular complexity index is 1020. The van der Waals surface area contributed by atoms with Crippen molar-refractivity contribution in [2.75, 3.05) is 30.3 Å². The molecule has 9 heteroatoms. The summed E-state index contributed by atoms with van der Waals surface area (Å²) >= 11 is 0. The highest BCUT2D eigenvalue weighted by Gasteiger charge is 2.29. The minimum Gasteiger partial charge on any atom is -0.466 e. The molecule has 0 aliphatic carbocycles. The monoisotopic (exact) mass is 418 g/mol. The fourth-order valence-electron chi connectivity index (χ4n) is 3.35. The van der Waals surface area contributed by atoms with Crippen molar-refractivity contribution in [3.8, 4) is 0 Å². The molecule has 0 amide bonds. The molecule has 0 radical (unpaired) electrons. The number of nitrogens with zero attached hydrogens (tertiary/aromatic N) is 3. The van der Waals surface area contributed by atoms with Crippen molar-refractivity contribution in [2.24, 2.45) is 5.92 Å².